The summed E-state index contributed by atoms with van der Waals surface area (Å²) in [4.78, 5) is 38.0. The largest absolute Gasteiger partial charge is 0.443 e. The number of halogens is 1. The van der Waals surface area contributed by atoms with E-state index in [2.05, 4.69) is 10.0 Å². The van der Waals surface area contributed by atoms with E-state index in [1.807, 2.05) is 4.90 Å². The predicted molar refractivity (Wildman–Crippen MR) is 114 cm³/mol. The van der Waals surface area contributed by atoms with Crippen LogP contribution in [0.4, 0.5) is 20.6 Å². The van der Waals surface area contributed by atoms with E-state index in [4.69, 9.17) is 10.00 Å². The van der Waals surface area contributed by atoms with Crippen LogP contribution in [-0.2, 0) is 14.3 Å². The Morgan fingerprint density at radius 1 is 1.35 bits per heavy atom. The minimum Gasteiger partial charge on any atom is -0.443 e. The summed E-state index contributed by atoms with van der Waals surface area (Å²) >= 11 is 1.16. The molecule has 3 amide bonds. The van der Waals surface area contributed by atoms with Crippen LogP contribution in [0.5, 0.6) is 0 Å². The van der Waals surface area contributed by atoms with E-state index < -0.39 is 18.0 Å². The molecule has 0 saturated carbocycles. The highest BCUT2D eigenvalue weighted by molar-refractivity contribution is 7.97. The molecule has 3 rings (SSSR count). The summed E-state index contributed by atoms with van der Waals surface area (Å²) in [5.41, 5.74) is 0.871. The van der Waals surface area contributed by atoms with Crippen LogP contribution < -0.4 is 19.8 Å². The van der Waals surface area contributed by atoms with Gasteiger partial charge in [0.25, 0.3) is 0 Å². The van der Waals surface area contributed by atoms with Gasteiger partial charge in [-0.3, -0.25) is 19.8 Å². The van der Waals surface area contributed by atoms with Gasteiger partial charge >= 0.3 is 6.09 Å². The molecule has 2 aliphatic rings. The normalized spacial score (nSPS) is 19.0. The molecule has 1 aromatic rings. The quantitative estimate of drug-likeness (QED) is 0.372. The highest BCUT2D eigenvalue weighted by Crippen LogP contribution is 2.31. The average Bonchev–Trinajstić information content (AvgIpc) is 3.09. The molecule has 0 radical (unpaired) electrons. The Bertz CT molecular complexity index is 885. The van der Waals surface area contributed by atoms with Gasteiger partial charge < -0.3 is 14.4 Å². The predicted octanol–water partition coefficient (Wildman–Crippen LogP) is 2.14. The van der Waals surface area contributed by atoms with Crippen molar-refractivity contribution in [2.75, 3.05) is 35.2 Å². The molecule has 2 fully saturated rings. The molecule has 31 heavy (non-hydrogen) atoms. The van der Waals surface area contributed by atoms with Crippen molar-refractivity contribution in [1.82, 2.24) is 10.0 Å². The standard InChI is InChI=1S/C20H24FN5O4S/c1-13(27)24-31-11-16-10-26(20(29)30-16)15-2-3-18(17(21)9-15)25-6-4-14(5-7-25)8-19(28)23-12-22/h2-3,9,14,16H,4-8,10-11H2,1H3,(H,23,28)(H,24,27)/t16-/m0/s1. The number of anilines is 2. The van der Waals surface area contributed by atoms with Crippen LogP contribution in [0.3, 0.4) is 0 Å². The SMILES string of the molecule is CC(=O)NSC[C@@H]1CN(c2ccc(N3CCC(CC(=O)NC#N)CC3)c(F)c2)C(=O)O1. The Kier molecular flexibility index (Phi) is 7.57. The minimum absolute atomic E-state index is 0.165. The number of carbonyl (C=O) groups excluding carboxylic acids is 3. The van der Waals surface area contributed by atoms with Crippen molar-refractivity contribution in [2.45, 2.75) is 32.3 Å². The second kappa shape index (κ2) is 10.3. The lowest BCUT2D eigenvalue weighted by Crippen LogP contribution is -2.36. The first-order chi connectivity index (χ1) is 14.9. The third-order valence-corrected chi connectivity index (χ3v) is 6.20. The van der Waals surface area contributed by atoms with Crippen LogP contribution in [0.25, 0.3) is 0 Å². The number of rotatable bonds is 7. The zero-order valence-corrected chi connectivity index (χ0v) is 17.9. The second-order valence-electron chi connectivity index (χ2n) is 7.52. The van der Waals surface area contributed by atoms with E-state index in [0.29, 0.717) is 36.6 Å². The van der Waals surface area contributed by atoms with Gasteiger partial charge in [-0.25, -0.2) is 9.18 Å². The maximum atomic E-state index is 14.8. The first-order valence-electron chi connectivity index (χ1n) is 9.96. The number of ether oxygens (including phenoxy) is 1. The van der Waals surface area contributed by atoms with Gasteiger partial charge in [0.15, 0.2) is 6.19 Å². The number of hydrogen-bond acceptors (Lipinski definition) is 7. The molecule has 2 heterocycles. The number of nitrogens with zero attached hydrogens (tertiary/aromatic N) is 3. The van der Waals surface area contributed by atoms with Crippen molar-refractivity contribution in [2.24, 2.45) is 5.92 Å². The fourth-order valence-corrected chi connectivity index (χ4v) is 4.38. The topological polar surface area (TPSA) is 115 Å². The molecule has 2 aliphatic heterocycles. The number of amides is 3. The first kappa shape index (κ1) is 22.7. The van der Waals surface area contributed by atoms with Gasteiger partial charge in [0.05, 0.1) is 23.7 Å². The van der Waals surface area contributed by atoms with Gasteiger partial charge in [0.2, 0.25) is 11.8 Å². The van der Waals surface area contributed by atoms with Crippen LogP contribution in [0.1, 0.15) is 26.2 Å². The highest BCUT2D eigenvalue weighted by Gasteiger charge is 2.33. The molecule has 1 aromatic carbocycles. The minimum atomic E-state index is -0.544. The maximum Gasteiger partial charge on any atom is 0.414 e. The zero-order valence-electron chi connectivity index (χ0n) is 17.1. The van der Waals surface area contributed by atoms with E-state index >= 15 is 0 Å². The summed E-state index contributed by atoms with van der Waals surface area (Å²) in [6.07, 6.45) is 2.44. The first-order valence-corrected chi connectivity index (χ1v) is 10.9. The number of cyclic esters (lactones) is 1. The summed E-state index contributed by atoms with van der Waals surface area (Å²) in [6, 6.07) is 4.67. The Labute approximate surface area is 184 Å². The number of piperidine rings is 1. The van der Waals surface area contributed by atoms with Crippen molar-refractivity contribution >= 4 is 41.2 Å². The molecule has 0 spiro atoms. The molecule has 1 atom stereocenters. The smallest absolute Gasteiger partial charge is 0.414 e. The van der Waals surface area contributed by atoms with Crippen LogP contribution in [0, 0.1) is 23.2 Å². The zero-order chi connectivity index (χ0) is 22.4. The number of nitrogens with one attached hydrogen (secondary N) is 2. The van der Waals surface area contributed by atoms with E-state index in [-0.39, 0.29) is 24.3 Å². The van der Waals surface area contributed by atoms with Crippen LogP contribution >= 0.6 is 11.9 Å². The van der Waals surface area contributed by atoms with Gasteiger partial charge in [-0.1, -0.05) is 0 Å². The molecule has 2 saturated heterocycles. The number of nitriles is 1. The van der Waals surface area contributed by atoms with Gasteiger partial charge in [-0.2, -0.15) is 5.26 Å². The van der Waals surface area contributed by atoms with Crippen molar-refractivity contribution in [3.05, 3.63) is 24.0 Å². The van der Waals surface area contributed by atoms with Gasteiger partial charge in [0.1, 0.15) is 11.9 Å². The molecule has 2 N–H and O–H groups in total. The number of benzene rings is 1. The van der Waals surface area contributed by atoms with Gasteiger partial charge in [-0.15, -0.1) is 0 Å². The second-order valence-corrected chi connectivity index (χ2v) is 8.34. The van der Waals surface area contributed by atoms with E-state index in [1.54, 1.807) is 18.3 Å². The molecule has 11 heteroatoms. The lowest BCUT2D eigenvalue weighted by Gasteiger charge is -2.33. The van der Waals surface area contributed by atoms with Crippen molar-refractivity contribution in [3.8, 4) is 6.19 Å². The van der Waals surface area contributed by atoms with Gasteiger partial charge in [0, 0.05) is 26.4 Å². The molecule has 0 bridgehead atoms. The van der Waals surface area contributed by atoms with E-state index in [9.17, 15) is 18.8 Å². The van der Waals surface area contributed by atoms with E-state index in [1.165, 1.54) is 17.9 Å². The Balaban J connectivity index is 1.56. The monoisotopic (exact) mass is 449 g/mol. The highest BCUT2D eigenvalue weighted by atomic mass is 32.2. The molecule has 0 aromatic heterocycles. The molecular weight excluding hydrogens is 425 g/mol. The number of hydrogen-bond donors (Lipinski definition) is 2. The fourth-order valence-electron chi connectivity index (χ4n) is 3.73. The third kappa shape index (κ3) is 6.01. The fraction of sp³-hybridized carbons (Fsp3) is 0.500. The summed E-state index contributed by atoms with van der Waals surface area (Å²) in [5, 5.41) is 10.6. The van der Waals surface area contributed by atoms with Crippen molar-refractivity contribution < 1.29 is 23.5 Å². The molecule has 0 unspecified atom stereocenters. The van der Waals surface area contributed by atoms with Gasteiger partial charge in [-0.05, 0) is 48.9 Å². The Morgan fingerprint density at radius 2 is 2.10 bits per heavy atom. The van der Waals surface area contributed by atoms with Crippen LogP contribution in [0.2, 0.25) is 0 Å². The van der Waals surface area contributed by atoms with Crippen molar-refractivity contribution in [3.63, 3.8) is 0 Å². The molecule has 9 nitrogen and oxygen atoms in total. The van der Waals surface area contributed by atoms with Crippen molar-refractivity contribution in [1.29, 1.82) is 5.26 Å². The molecular formula is C20H24FN5O4S. The average molecular weight is 450 g/mol. The molecule has 0 aliphatic carbocycles. The third-order valence-electron chi connectivity index (χ3n) is 5.23. The maximum absolute atomic E-state index is 14.8. The Morgan fingerprint density at radius 3 is 2.74 bits per heavy atom. The summed E-state index contributed by atoms with van der Waals surface area (Å²) in [6.45, 7) is 2.89. The van der Waals surface area contributed by atoms with Crippen LogP contribution in [0.15, 0.2) is 18.2 Å². The lowest BCUT2D eigenvalue weighted by atomic mass is 9.93. The molecule has 166 valence electrons. The van der Waals surface area contributed by atoms with E-state index in [0.717, 1.165) is 24.8 Å². The summed E-state index contributed by atoms with van der Waals surface area (Å²) < 4.78 is 22.7. The Hall–Kier alpha value is -3.00. The lowest BCUT2D eigenvalue weighted by molar-refractivity contribution is -0.121. The van der Waals surface area contributed by atoms with Crippen LogP contribution in [-0.4, -0.2) is 49.4 Å². The summed E-state index contributed by atoms with van der Waals surface area (Å²) in [7, 11) is 0. The number of carbonyl (C=O) groups is 3. The summed E-state index contributed by atoms with van der Waals surface area (Å²) in [5.74, 6) is -0.328.